The number of carbonyl (C=O) groups excluding carboxylic acids is 1. The van der Waals surface area contributed by atoms with Crippen LogP contribution in [0.25, 0.3) is 44.5 Å². The number of H-pyrrole nitrogens is 2. The first-order valence-corrected chi connectivity index (χ1v) is 11.8. The second-order valence-electron chi connectivity index (χ2n) is 9.06. The molecular formula is C26H25N7O. The van der Waals surface area contributed by atoms with Crippen molar-refractivity contribution in [3.8, 4) is 22.5 Å². The van der Waals surface area contributed by atoms with Crippen LogP contribution in [0.1, 0.15) is 38.5 Å². The zero-order valence-electron chi connectivity index (χ0n) is 18.7. The molecule has 3 N–H and O–H groups in total. The molecule has 8 nitrogen and oxygen atoms in total. The zero-order chi connectivity index (χ0) is 22.9. The molecule has 8 heteroatoms. The van der Waals surface area contributed by atoms with Crippen LogP contribution in [0, 0.1) is 5.92 Å². The van der Waals surface area contributed by atoms with Crippen LogP contribution < -0.4 is 5.32 Å². The van der Waals surface area contributed by atoms with E-state index in [9.17, 15) is 4.79 Å². The van der Waals surface area contributed by atoms with E-state index in [0.717, 1.165) is 51.6 Å². The van der Waals surface area contributed by atoms with Gasteiger partial charge in [0.25, 0.3) is 0 Å². The summed E-state index contributed by atoms with van der Waals surface area (Å²) in [6.07, 6.45) is 15.5. The number of aromatic amines is 2. The molecule has 1 amide bonds. The lowest BCUT2D eigenvalue weighted by Crippen LogP contribution is -2.18. The number of carbonyl (C=O) groups is 1. The van der Waals surface area contributed by atoms with E-state index >= 15 is 0 Å². The van der Waals surface area contributed by atoms with Gasteiger partial charge in [0.2, 0.25) is 5.91 Å². The Bertz CT molecular complexity index is 1450. The number of anilines is 1. The Labute approximate surface area is 196 Å². The van der Waals surface area contributed by atoms with E-state index in [-0.39, 0.29) is 5.91 Å². The van der Waals surface area contributed by atoms with Crippen molar-refractivity contribution in [3.05, 3.63) is 55.2 Å². The molecule has 0 spiro atoms. The number of nitrogens with one attached hydrogen (secondary N) is 3. The molecular weight excluding hydrogens is 426 g/mol. The van der Waals surface area contributed by atoms with E-state index < -0.39 is 0 Å². The molecule has 1 saturated carbocycles. The summed E-state index contributed by atoms with van der Waals surface area (Å²) in [5.41, 5.74) is 5.91. The molecule has 0 radical (unpaired) electrons. The summed E-state index contributed by atoms with van der Waals surface area (Å²) in [6, 6.07) is 7.98. The van der Waals surface area contributed by atoms with Crippen LogP contribution in [0.4, 0.5) is 5.69 Å². The molecule has 1 aliphatic rings. The van der Waals surface area contributed by atoms with Crippen LogP contribution in [0.5, 0.6) is 0 Å². The minimum atomic E-state index is 0.0600. The maximum absolute atomic E-state index is 12.6. The van der Waals surface area contributed by atoms with Gasteiger partial charge in [-0.2, -0.15) is 5.10 Å². The molecule has 5 aromatic heterocycles. The Balaban J connectivity index is 1.27. The summed E-state index contributed by atoms with van der Waals surface area (Å²) in [7, 11) is 0. The highest BCUT2D eigenvalue weighted by Crippen LogP contribution is 2.31. The third kappa shape index (κ3) is 4.03. The maximum Gasteiger partial charge on any atom is 0.224 e. The van der Waals surface area contributed by atoms with Gasteiger partial charge in [0.15, 0.2) is 5.65 Å². The largest absolute Gasteiger partial charge is 0.353 e. The number of amides is 1. The van der Waals surface area contributed by atoms with Gasteiger partial charge in [-0.15, -0.1) is 0 Å². The lowest BCUT2D eigenvalue weighted by Gasteiger charge is -2.20. The quantitative estimate of drug-likeness (QED) is 0.328. The molecule has 0 aliphatic heterocycles. The van der Waals surface area contributed by atoms with Crippen LogP contribution in [-0.4, -0.2) is 36.0 Å². The number of rotatable bonds is 5. The van der Waals surface area contributed by atoms with Crippen LogP contribution >= 0.6 is 0 Å². The van der Waals surface area contributed by atoms with Crippen LogP contribution in [-0.2, 0) is 4.79 Å². The van der Waals surface area contributed by atoms with Crippen molar-refractivity contribution in [1.82, 2.24) is 30.1 Å². The second-order valence-corrected chi connectivity index (χ2v) is 9.06. The number of nitrogens with zero attached hydrogens (tertiary/aromatic N) is 4. The SMILES string of the molecule is O=C(CC1CCCCC1)Nc1cncc(-c2cnc3[nH]nc(-c4cc5cnccc5[nH]4)c3c2)c1. The van der Waals surface area contributed by atoms with Gasteiger partial charge in [-0.25, -0.2) is 4.98 Å². The molecule has 0 saturated heterocycles. The van der Waals surface area contributed by atoms with Crippen LogP contribution in [0.2, 0.25) is 0 Å². The van der Waals surface area contributed by atoms with Crippen molar-refractivity contribution in [1.29, 1.82) is 0 Å². The normalized spacial score (nSPS) is 14.6. The summed E-state index contributed by atoms with van der Waals surface area (Å²) in [5.74, 6) is 0.557. The fourth-order valence-corrected chi connectivity index (χ4v) is 4.90. The second kappa shape index (κ2) is 8.70. The van der Waals surface area contributed by atoms with Gasteiger partial charge in [0, 0.05) is 58.6 Å². The number of pyridine rings is 3. The molecule has 1 aliphatic carbocycles. The Kier molecular flexibility index (Phi) is 5.25. The number of fused-ring (bicyclic) bond motifs is 2. The van der Waals surface area contributed by atoms with E-state index in [1.807, 2.05) is 24.4 Å². The fourth-order valence-electron chi connectivity index (χ4n) is 4.90. The maximum atomic E-state index is 12.6. The van der Waals surface area contributed by atoms with E-state index in [0.29, 0.717) is 23.7 Å². The fraction of sp³-hybridized carbons (Fsp3) is 0.269. The minimum absolute atomic E-state index is 0.0600. The Hall–Kier alpha value is -4.07. The van der Waals surface area contributed by atoms with E-state index in [4.69, 9.17) is 0 Å². The Morgan fingerprint density at radius 1 is 1.00 bits per heavy atom. The molecule has 5 heterocycles. The summed E-state index contributed by atoms with van der Waals surface area (Å²) < 4.78 is 0. The molecule has 0 unspecified atom stereocenters. The predicted octanol–water partition coefficient (Wildman–Crippen LogP) is 5.47. The van der Waals surface area contributed by atoms with E-state index in [2.05, 4.69) is 41.5 Å². The van der Waals surface area contributed by atoms with Crippen molar-refractivity contribution in [3.63, 3.8) is 0 Å². The highest BCUT2D eigenvalue weighted by molar-refractivity contribution is 5.96. The molecule has 34 heavy (non-hydrogen) atoms. The smallest absolute Gasteiger partial charge is 0.224 e. The average molecular weight is 452 g/mol. The van der Waals surface area contributed by atoms with Crippen molar-refractivity contribution in [2.75, 3.05) is 5.32 Å². The third-order valence-corrected chi connectivity index (χ3v) is 6.65. The average Bonchev–Trinajstić information content (AvgIpc) is 3.48. The predicted molar refractivity (Wildman–Crippen MR) is 132 cm³/mol. The topological polar surface area (TPSA) is 112 Å². The van der Waals surface area contributed by atoms with E-state index in [1.165, 1.54) is 19.3 Å². The van der Waals surface area contributed by atoms with Gasteiger partial charge < -0.3 is 10.3 Å². The molecule has 170 valence electrons. The third-order valence-electron chi connectivity index (χ3n) is 6.65. The van der Waals surface area contributed by atoms with Gasteiger partial charge in [0.05, 0.1) is 17.6 Å². The summed E-state index contributed by atoms with van der Waals surface area (Å²) >= 11 is 0. The lowest BCUT2D eigenvalue weighted by atomic mass is 9.87. The van der Waals surface area contributed by atoms with E-state index in [1.54, 1.807) is 24.8 Å². The molecule has 0 aromatic carbocycles. The summed E-state index contributed by atoms with van der Waals surface area (Å²) in [6.45, 7) is 0. The summed E-state index contributed by atoms with van der Waals surface area (Å²) in [5, 5.41) is 12.5. The Morgan fingerprint density at radius 2 is 1.88 bits per heavy atom. The molecule has 6 rings (SSSR count). The van der Waals surface area contributed by atoms with Gasteiger partial charge in [-0.1, -0.05) is 19.3 Å². The van der Waals surface area contributed by atoms with Crippen molar-refractivity contribution < 1.29 is 4.79 Å². The summed E-state index contributed by atoms with van der Waals surface area (Å²) in [4.78, 5) is 29.1. The highest BCUT2D eigenvalue weighted by atomic mass is 16.1. The first-order valence-electron chi connectivity index (χ1n) is 11.8. The van der Waals surface area contributed by atoms with Crippen molar-refractivity contribution in [2.24, 2.45) is 5.92 Å². The first kappa shape index (κ1) is 20.5. The van der Waals surface area contributed by atoms with Crippen LogP contribution in [0.3, 0.4) is 0 Å². The van der Waals surface area contributed by atoms with Crippen LogP contribution in [0.15, 0.2) is 55.2 Å². The number of hydrogen-bond donors (Lipinski definition) is 3. The Morgan fingerprint density at radius 3 is 2.76 bits per heavy atom. The molecule has 5 aromatic rings. The van der Waals surface area contributed by atoms with Gasteiger partial charge >= 0.3 is 0 Å². The number of hydrogen-bond acceptors (Lipinski definition) is 5. The van der Waals surface area contributed by atoms with Gasteiger partial charge in [-0.3, -0.25) is 19.9 Å². The standard InChI is InChI=1S/C26H25N7O/c34-24(8-16-4-2-1-3-5-16)30-20-9-17(12-28-15-20)18-10-21-25(32-33-26(21)29-14-18)23-11-19-13-27-7-6-22(19)31-23/h6-7,9-16,31H,1-5,8H2,(H,30,34)(H,29,32,33). The first-order chi connectivity index (χ1) is 16.7. The monoisotopic (exact) mass is 451 g/mol. The molecule has 1 fully saturated rings. The number of aromatic nitrogens is 6. The van der Waals surface area contributed by atoms with Crippen molar-refractivity contribution in [2.45, 2.75) is 38.5 Å². The minimum Gasteiger partial charge on any atom is -0.353 e. The van der Waals surface area contributed by atoms with Crippen molar-refractivity contribution >= 4 is 33.5 Å². The highest BCUT2D eigenvalue weighted by Gasteiger charge is 2.18. The molecule has 0 bridgehead atoms. The zero-order valence-corrected chi connectivity index (χ0v) is 18.7. The van der Waals surface area contributed by atoms with Gasteiger partial charge in [0.1, 0.15) is 5.69 Å². The van der Waals surface area contributed by atoms with Gasteiger partial charge in [-0.05, 0) is 43.0 Å². The molecule has 0 atom stereocenters. The lowest BCUT2D eigenvalue weighted by molar-refractivity contribution is -0.117.